The van der Waals surface area contributed by atoms with Crippen molar-refractivity contribution < 1.29 is 28.7 Å². The number of fused-ring (bicyclic) bond motifs is 1. The standard InChI is InChI=1S/C25H28B3N3O6/c26-20-22(33)29-23(34)21(25(20,27)28)31-11-17-16(24(31)35)2-1-3-18(17)37-12-15-6-4-14(5-7-15)10-30-8-9-36-13-19(30)32/h1-7,20-21H,8-13,26-28H2,(H,29,33,34). The van der Waals surface area contributed by atoms with Crippen molar-refractivity contribution in [3.8, 4) is 5.75 Å². The smallest absolute Gasteiger partial charge is 0.255 e. The van der Waals surface area contributed by atoms with E-state index in [4.69, 9.17) is 9.47 Å². The minimum atomic E-state index is -0.765. The molecule has 0 aliphatic carbocycles. The van der Waals surface area contributed by atoms with Gasteiger partial charge in [-0.05, 0) is 23.3 Å². The fourth-order valence-corrected chi connectivity index (χ4v) is 5.26. The predicted molar refractivity (Wildman–Crippen MR) is 142 cm³/mol. The highest BCUT2D eigenvalue weighted by Gasteiger charge is 2.52. The molecule has 2 aromatic rings. The number of piperidine rings is 1. The van der Waals surface area contributed by atoms with E-state index in [1.165, 1.54) is 0 Å². The SMILES string of the molecule is BC1C(=O)NC(=O)C(N2Cc3c(OCc4ccc(CN5CCOCC5=O)cc4)cccc3C2=O)C1(B)B. The summed E-state index contributed by atoms with van der Waals surface area (Å²) in [6, 6.07) is 12.5. The van der Waals surface area contributed by atoms with E-state index in [1.807, 2.05) is 46.0 Å². The molecule has 12 heteroatoms. The average Bonchev–Trinajstić information content (AvgIpc) is 3.20. The van der Waals surface area contributed by atoms with Crippen LogP contribution in [0.1, 0.15) is 27.0 Å². The third-order valence-electron chi connectivity index (χ3n) is 7.85. The molecule has 3 aliphatic rings. The lowest BCUT2D eigenvalue weighted by atomic mass is 9.39. The molecule has 5 rings (SSSR count). The Morgan fingerprint density at radius 2 is 1.76 bits per heavy atom. The maximum atomic E-state index is 13.3. The number of carbonyl (C=O) groups excluding carboxylic acids is 4. The molecule has 2 unspecified atom stereocenters. The van der Waals surface area contributed by atoms with Gasteiger partial charge in [0, 0.05) is 30.0 Å². The topological polar surface area (TPSA) is 105 Å². The number of amides is 4. The van der Waals surface area contributed by atoms with Gasteiger partial charge in [0.25, 0.3) is 5.91 Å². The van der Waals surface area contributed by atoms with Gasteiger partial charge in [0.1, 0.15) is 48.5 Å². The van der Waals surface area contributed by atoms with Crippen molar-refractivity contribution in [2.24, 2.45) is 0 Å². The van der Waals surface area contributed by atoms with Gasteiger partial charge < -0.3 is 19.3 Å². The third kappa shape index (κ3) is 4.66. The lowest BCUT2D eigenvalue weighted by molar-refractivity contribution is -0.143. The van der Waals surface area contributed by atoms with Gasteiger partial charge in [-0.25, -0.2) is 0 Å². The second kappa shape index (κ2) is 9.74. The first kappa shape index (κ1) is 25.1. The summed E-state index contributed by atoms with van der Waals surface area (Å²) < 4.78 is 11.3. The number of nitrogens with one attached hydrogen (secondary N) is 1. The number of hydrogen-bond donors (Lipinski definition) is 1. The number of imide groups is 1. The van der Waals surface area contributed by atoms with Gasteiger partial charge in [-0.15, -0.1) is 0 Å². The number of morpholine rings is 1. The summed E-state index contributed by atoms with van der Waals surface area (Å²) in [6.45, 7) is 2.37. The number of hydrogen-bond acceptors (Lipinski definition) is 6. The van der Waals surface area contributed by atoms with Crippen molar-refractivity contribution in [3.63, 3.8) is 0 Å². The van der Waals surface area contributed by atoms with Crippen LogP contribution in [0.25, 0.3) is 0 Å². The lowest BCUT2D eigenvalue weighted by Gasteiger charge is -2.46. The van der Waals surface area contributed by atoms with Crippen LogP contribution in [-0.2, 0) is 38.8 Å². The molecule has 4 amide bonds. The van der Waals surface area contributed by atoms with Crippen molar-refractivity contribution in [2.75, 3.05) is 19.8 Å². The lowest BCUT2D eigenvalue weighted by Crippen LogP contribution is -2.62. The van der Waals surface area contributed by atoms with Crippen molar-refractivity contribution in [1.82, 2.24) is 15.1 Å². The summed E-state index contributed by atoms with van der Waals surface area (Å²) in [6.07, 6.45) is 0. The molecule has 1 N–H and O–H groups in total. The average molecular weight is 499 g/mol. The van der Waals surface area contributed by atoms with E-state index in [0.29, 0.717) is 37.6 Å². The van der Waals surface area contributed by atoms with E-state index in [9.17, 15) is 19.2 Å². The van der Waals surface area contributed by atoms with Gasteiger partial charge >= 0.3 is 0 Å². The number of rotatable bonds is 6. The molecule has 2 atom stereocenters. The first-order valence-electron chi connectivity index (χ1n) is 12.5. The van der Waals surface area contributed by atoms with Gasteiger partial charge in [-0.1, -0.05) is 35.5 Å². The van der Waals surface area contributed by atoms with E-state index in [2.05, 4.69) is 5.32 Å². The summed E-state index contributed by atoms with van der Waals surface area (Å²) in [5.41, 5.74) is 3.23. The highest BCUT2D eigenvalue weighted by molar-refractivity contribution is 6.50. The molecule has 37 heavy (non-hydrogen) atoms. The fraction of sp³-hybridized carbons (Fsp3) is 0.360. The first-order chi connectivity index (χ1) is 17.7. The number of nitrogens with zero attached hydrogens (tertiary/aromatic N) is 2. The maximum Gasteiger partial charge on any atom is 0.255 e. The summed E-state index contributed by atoms with van der Waals surface area (Å²) in [5.74, 6) is -0.841. The van der Waals surface area contributed by atoms with Crippen LogP contribution in [0, 0.1) is 0 Å². The molecule has 0 radical (unpaired) electrons. The highest BCUT2D eigenvalue weighted by atomic mass is 16.5. The Kier molecular flexibility index (Phi) is 6.62. The van der Waals surface area contributed by atoms with Crippen molar-refractivity contribution in [1.29, 1.82) is 0 Å². The van der Waals surface area contributed by atoms with Gasteiger partial charge in [0.2, 0.25) is 17.7 Å². The first-order valence-corrected chi connectivity index (χ1v) is 12.5. The minimum Gasteiger partial charge on any atom is -0.489 e. The van der Waals surface area contributed by atoms with Crippen LogP contribution in [0.4, 0.5) is 0 Å². The summed E-state index contributed by atoms with van der Waals surface area (Å²) in [4.78, 5) is 53.7. The Labute approximate surface area is 218 Å². The number of benzene rings is 2. The van der Waals surface area contributed by atoms with Gasteiger partial charge in [0.15, 0.2) is 0 Å². The molecule has 3 heterocycles. The predicted octanol–water partition coefficient (Wildman–Crippen LogP) is -1.59. The largest absolute Gasteiger partial charge is 0.489 e. The second-order valence-corrected chi connectivity index (χ2v) is 10.5. The Hall–Kier alpha value is -3.53. The zero-order chi connectivity index (χ0) is 26.3. The molecular weight excluding hydrogens is 471 g/mol. The molecule has 188 valence electrons. The monoisotopic (exact) mass is 499 g/mol. The van der Waals surface area contributed by atoms with Crippen molar-refractivity contribution in [3.05, 3.63) is 64.7 Å². The zero-order valence-electron chi connectivity index (χ0n) is 21.3. The van der Waals surface area contributed by atoms with Crippen LogP contribution in [0.15, 0.2) is 42.5 Å². The second-order valence-electron chi connectivity index (χ2n) is 10.5. The van der Waals surface area contributed by atoms with E-state index in [1.54, 1.807) is 29.8 Å². The van der Waals surface area contributed by atoms with E-state index < -0.39 is 23.0 Å². The Bertz CT molecular complexity index is 1270. The van der Waals surface area contributed by atoms with Crippen LogP contribution < -0.4 is 10.1 Å². The fourth-order valence-electron chi connectivity index (χ4n) is 5.26. The molecular formula is C25H28B3N3O6. The van der Waals surface area contributed by atoms with Crippen LogP contribution in [-0.4, -0.2) is 82.8 Å². The van der Waals surface area contributed by atoms with Crippen LogP contribution in [0.3, 0.4) is 0 Å². The molecule has 9 nitrogen and oxygen atoms in total. The maximum absolute atomic E-state index is 13.3. The molecule has 0 aromatic heterocycles. The summed E-state index contributed by atoms with van der Waals surface area (Å²) in [5, 5.41) is 1.71. The molecule has 0 saturated carbocycles. The minimum absolute atomic E-state index is 0.00432. The number of carbonyl (C=O) groups is 4. The van der Waals surface area contributed by atoms with Gasteiger partial charge in [0.05, 0.1) is 13.2 Å². The van der Waals surface area contributed by atoms with E-state index >= 15 is 0 Å². The van der Waals surface area contributed by atoms with Crippen molar-refractivity contribution in [2.45, 2.75) is 36.8 Å². The molecule has 2 saturated heterocycles. The highest BCUT2D eigenvalue weighted by Crippen LogP contribution is 2.44. The normalized spacial score (nSPS) is 23.1. The van der Waals surface area contributed by atoms with E-state index in [-0.39, 0.29) is 30.9 Å². The number of ether oxygens (including phenoxy) is 2. The molecule has 2 aromatic carbocycles. The Morgan fingerprint density at radius 3 is 2.49 bits per heavy atom. The van der Waals surface area contributed by atoms with E-state index in [0.717, 1.165) is 16.7 Å². The van der Waals surface area contributed by atoms with Gasteiger partial charge in [-0.3, -0.25) is 24.5 Å². The molecule has 2 fully saturated rings. The molecule has 3 aliphatic heterocycles. The Morgan fingerprint density at radius 1 is 1.03 bits per heavy atom. The summed E-state index contributed by atoms with van der Waals surface area (Å²) >= 11 is 0. The van der Waals surface area contributed by atoms with Gasteiger partial charge in [-0.2, -0.15) is 0 Å². The third-order valence-corrected chi connectivity index (χ3v) is 7.85. The quantitative estimate of drug-likeness (QED) is 0.380. The molecule has 0 spiro atoms. The zero-order valence-corrected chi connectivity index (χ0v) is 21.3. The Balaban J connectivity index is 1.28. The van der Waals surface area contributed by atoms with Crippen LogP contribution >= 0.6 is 0 Å². The molecule has 0 bridgehead atoms. The van der Waals surface area contributed by atoms with Crippen LogP contribution in [0.2, 0.25) is 11.0 Å². The van der Waals surface area contributed by atoms with Crippen molar-refractivity contribution >= 4 is 47.2 Å². The summed E-state index contributed by atoms with van der Waals surface area (Å²) in [7, 11) is 5.48. The van der Waals surface area contributed by atoms with Crippen LogP contribution in [0.5, 0.6) is 5.75 Å².